The van der Waals surface area contributed by atoms with Gasteiger partial charge in [-0.15, -0.1) is 13.2 Å². The van der Waals surface area contributed by atoms with E-state index in [1.54, 1.807) is 24.5 Å². The number of carbonyl (C=O) groups excluding carboxylic acids is 4. The van der Waals surface area contributed by atoms with Crippen molar-refractivity contribution in [2.24, 2.45) is 11.8 Å². The van der Waals surface area contributed by atoms with Crippen LogP contribution in [0.25, 0.3) is 21.8 Å². The van der Waals surface area contributed by atoms with E-state index in [0.29, 0.717) is 48.7 Å². The second-order valence-corrected chi connectivity index (χ2v) is 14.4. The van der Waals surface area contributed by atoms with Gasteiger partial charge in [0, 0.05) is 110 Å². The van der Waals surface area contributed by atoms with Crippen molar-refractivity contribution in [3.8, 4) is 0 Å². The molecule has 4 unspecified atom stereocenters. The van der Waals surface area contributed by atoms with Crippen LogP contribution < -0.4 is 0 Å². The van der Waals surface area contributed by atoms with E-state index in [9.17, 15) is 19.2 Å². The number of aryl methyl sites for hydroxylation is 2. The van der Waals surface area contributed by atoms with Crippen LogP contribution in [0, 0.1) is 25.7 Å². The van der Waals surface area contributed by atoms with Crippen molar-refractivity contribution in [2.75, 3.05) is 0 Å². The second-order valence-electron chi connectivity index (χ2n) is 14.4. The number of para-hydroxylation sites is 2. The van der Waals surface area contributed by atoms with Gasteiger partial charge in [-0.3, -0.25) is 9.59 Å². The number of fused-ring (bicyclic) bond motifs is 6. The monoisotopic (exact) mass is 750 g/mol. The van der Waals surface area contributed by atoms with Crippen LogP contribution in [-0.4, -0.2) is 51.7 Å². The number of hydrogen-bond donors (Lipinski definition) is 0. The van der Waals surface area contributed by atoms with E-state index in [4.69, 9.17) is 9.47 Å². The van der Waals surface area contributed by atoms with Crippen molar-refractivity contribution in [3.63, 3.8) is 0 Å². The highest BCUT2D eigenvalue weighted by molar-refractivity contribution is 6.12. The molecule has 0 aliphatic heterocycles. The molecule has 2 aliphatic rings. The molecule has 0 radical (unpaired) electrons. The molecule has 2 aliphatic carbocycles. The maximum absolute atomic E-state index is 14.2. The third kappa shape index (κ3) is 6.40. The molecule has 4 aromatic heterocycles. The fraction of sp³-hybridized carbons (Fsp3) is 0.273. The average molecular weight is 751 g/mol. The third-order valence-electron chi connectivity index (χ3n) is 11.0. The fourth-order valence-corrected chi connectivity index (χ4v) is 8.53. The van der Waals surface area contributed by atoms with Crippen LogP contribution >= 0.6 is 0 Å². The van der Waals surface area contributed by atoms with Crippen LogP contribution in [0.1, 0.15) is 68.8 Å². The summed E-state index contributed by atoms with van der Waals surface area (Å²) in [5.41, 5.74) is 3.93. The number of imidazole rings is 2. The van der Waals surface area contributed by atoms with Crippen molar-refractivity contribution in [3.05, 3.63) is 145 Å². The molecule has 8 rings (SSSR count). The number of Topliss-reactive ketones (excluding diaryl/α,β-unsaturated/α-hetero) is 2. The normalized spacial score (nSPS) is 19.3. The molecule has 0 spiro atoms. The van der Waals surface area contributed by atoms with Crippen LogP contribution in [0.4, 0.5) is 0 Å². The van der Waals surface area contributed by atoms with Gasteiger partial charge in [-0.1, -0.05) is 48.6 Å². The number of allylic oxidation sites excluding steroid dienone is 2. The summed E-state index contributed by atoms with van der Waals surface area (Å²) >= 11 is 0. The number of nitrogens with zero attached hydrogens (tertiary/aromatic N) is 6. The molecule has 284 valence electrons. The van der Waals surface area contributed by atoms with Crippen LogP contribution in [0.5, 0.6) is 0 Å². The number of hydrogen-bond acceptors (Lipinski definition) is 8. The maximum Gasteiger partial charge on any atom is 0.331 e. The molecule has 6 aromatic rings. The first-order valence-electron chi connectivity index (χ1n) is 18.8. The first-order chi connectivity index (χ1) is 27.2. The van der Waals surface area contributed by atoms with Crippen molar-refractivity contribution in [1.82, 2.24) is 28.2 Å². The van der Waals surface area contributed by atoms with Crippen molar-refractivity contribution in [1.29, 1.82) is 0 Å². The van der Waals surface area contributed by atoms with E-state index >= 15 is 0 Å². The number of ether oxygens (including phenoxy) is 2. The number of ketones is 2. The van der Waals surface area contributed by atoms with Crippen LogP contribution in [0.2, 0.25) is 0 Å². The minimum Gasteiger partial charge on any atom is -0.453 e. The lowest BCUT2D eigenvalue weighted by molar-refractivity contribution is -0.147. The zero-order chi connectivity index (χ0) is 39.1. The van der Waals surface area contributed by atoms with Gasteiger partial charge in [-0.2, -0.15) is 0 Å². The van der Waals surface area contributed by atoms with Crippen molar-refractivity contribution in [2.45, 2.75) is 65.1 Å². The predicted octanol–water partition coefficient (Wildman–Crippen LogP) is 7.21. The molecule has 4 atom stereocenters. The van der Waals surface area contributed by atoms with Gasteiger partial charge in [0.1, 0.15) is 23.9 Å². The Morgan fingerprint density at radius 2 is 1.11 bits per heavy atom. The third-order valence-corrected chi connectivity index (χ3v) is 11.0. The molecule has 0 fully saturated rings. The molecule has 56 heavy (non-hydrogen) atoms. The van der Waals surface area contributed by atoms with Crippen LogP contribution in [0.15, 0.2) is 111 Å². The summed E-state index contributed by atoms with van der Waals surface area (Å²) in [5.74, 6) is -1.00. The topological polar surface area (TPSA) is 132 Å². The zero-order valence-electron chi connectivity index (χ0n) is 31.3. The van der Waals surface area contributed by atoms with Gasteiger partial charge in [-0.25, -0.2) is 19.6 Å². The van der Waals surface area contributed by atoms with Gasteiger partial charge >= 0.3 is 11.9 Å². The molecule has 12 nitrogen and oxygen atoms in total. The lowest BCUT2D eigenvalue weighted by Crippen LogP contribution is -2.32. The summed E-state index contributed by atoms with van der Waals surface area (Å²) in [4.78, 5) is 64.2. The van der Waals surface area contributed by atoms with E-state index in [-0.39, 0.29) is 24.4 Å². The molecular weight excluding hydrogens is 709 g/mol. The molecule has 0 N–H and O–H groups in total. The number of benzene rings is 2. The summed E-state index contributed by atoms with van der Waals surface area (Å²) in [6.07, 6.45) is 11.6. The zero-order valence-corrected chi connectivity index (χ0v) is 31.3. The van der Waals surface area contributed by atoms with Gasteiger partial charge < -0.3 is 27.7 Å². The predicted molar refractivity (Wildman–Crippen MR) is 210 cm³/mol. The summed E-state index contributed by atoms with van der Waals surface area (Å²) in [6.45, 7) is 13.2. The molecule has 4 heterocycles. The Balaban J connectivity index is 1.08. The minimum atomic E-state index is -0.786. The van der Waals surface area contributed by atoms with Gasteiger partial charge in [0.05, 0.1) is 22.5 Å². The Kier molecular flexibility index (Phi) is 9.71. The number of esters is 2. The van der Waals surface area contributed by atoms with E-state index in [1.165, 1.54) is 0 Å². The molecule has 2 aromatic carbocycles. The number of carbonyl (C=O) groups is 4. The molecule has 0 bridgehead atoms. The van der Waals surface area contributed by atoms with E-state index in [1.807, 2.05) is 93.0 Å². The molecule has 0 saturated carbocycles. The Hall–Kier alpha value is -6.56. The van der Waals surface area contributed by atoms with Crippen LogP contribution in [-0.2, 0) is 45.2 Å². The summed E-state index contributed by atoms with van der Waals surface area (Å²) in [5, 5.41) is 1.56. The Bertz CT molecular complexity index is 2410. The van der Waals surface area contributed by atoms with Gasteiger partial charge in [0.15, 0.2) is 11.6 Å². The quantitative estimate of drug-likeness (QED) is 0.0729. The molecule has 0 saturated heterocycles. The maximum atomic E-state index is 14.2. The van der Waals surface area contributed by atoms with Gasteiger partial charge in [0.2, 0.25) is 0 Å². The summed E-state index contributed by atoms with van der Waals surface area (Å²) in [6, 6.07) is 15.3. The van der Waals surface area contributed by atoms with E-state index in [0.717, 1.165) is 45.6 Å². The Morgan fingerprint density at radius 3 is 1.48 bits per heavy atom. The van der Waals surface area contributed by atoms with Crippen molar-refractivity contribution >= 4 is 45.3 Å². The summed E-state index contributed by atoms with van der Waals surface area (Å²) < 4.78 is 20.0. The van der Waals surface area contributed by atoms with Crippen LogP contribution in [0.3, 0.4) is 0 Å². The van der Waals surface area contributed by atoms with E-state index in [2.05, 4.69) is 23.1 Å². The fourth-order valence-electron chi connectivity index (χ4n) is 8.53. The highest BCUT2D eigenvalue weighted by Gasteiger charge is 2.42. The van der Waals surface area contributed by atoms with Gasteiger partial charge in [-0.05, 0) is 26.0 Å². The largest absolute Gasteiger partial charge is 0.453 e. The minimum absolute atomic E-state index is 0.0285. The lowest BCUT2D eigenvalue weighted by Gasteiger charge is -2.30. The Morgan fingerprint density at radius 1 is 0.696 bits per heavy atom. The summed E-state index contributed by atoms with van der Waals surface area (Å²) in [7, 11) is 0. The smallest absolute Gasteiger partial charge is 0.331 e. The molecule has 0 amide bonds. The van der Waals surface area contributed by atoms with E-state index < -0.39 is 36.0 Å². The highest BCUT2D eigenvalue weighted by Crippen LogP contribution is 2.44. The SMILES string of the molecule is C=CCn1c2c(c3ccccc31)C(=O)C(Cn1ccnc1C)CC2OC(=O)/C=C\C(=O)OC1CC(Cn2ccnc2C)C(=O)c2c1n(CC=C)c1ccccc21. The number of rotatable bonds is 12. The lowest BCUT2D eigenvalue weighted by atomic mass is 9.83. The first-order valence-corrected chi connectivity index (χ1v) is 18.8. The average Bonchev–Trinajstić information content (AvgIpc) is 3.96. The second kappa shape index (κ2) is 14.9. The van der Waals surface area contributed by atoms with Crippen molar-refractivity contribution < 1.29 is 28.7 Å². The Labute approximate surface area is 323 Å². The standard InChI is InChI=1S/C44H42N6O6/c1-5-19-49-33-13-9-7-11-31(33)39-41(49)35(23-29(43(39)53)25-47-21-17-45-27(47)3)55-37(51)15-16-38(52)56-36-24-30(26-48-22-18-46-28(48)4)44(54)40-32-12-8-10-14-34(32)50(20-6-2)42(36)40/h5-18,21-22,29-30,35-36H,1-2,19-20,23-26H2,3-4H3/b16-15-. The van der Waals surface area contributed by atoms with Gasteiger partial charge in [0.25, 0.3) is 0 Å². The molecular formula is C44H42N6O6. The highest BCUT2D eigenvalue weighted by atomic mass is 16.5. The first kappa shape index (κ1) is 36.4. The number of aromatic nitrogens is 6. The molecule has 12 heteroatoms.